The van der Waals surface area contributed by atoms with Crippen molar-refractivity contribution in [2.45, 2.75) is 0 Å². The molecule has 3 rings (SSSR count). The minimum Gasteiger partial charge on any atom is -0.217 e. The number of rotatable bonds is 2. The molecule has 0 spiro atoms. The Morgan fingerprint density at radius 2 is 1.72 bits per heavy atom. The largest absolute Gasteiger partial charge is 0.220 e. The molecule has 1 aliphatic heterocycles. The molecule has 0 saturated heterocycles. The molecular weight excluding hydrogens is 240 g/mol. The summed E-state index contributed by atoms with van der Waals surface area (Å²) in [5, 5.41) is 2.05. The van der Waals surface area contributed by atoms with Gasteiger partial charge in [0.05, 0.1) is 10.7 Å². The number of nitrogens with zero attached hydrogens (tertiary/aromatic N) is 2. The molecule has 2 aromatic carbocycles. The zero-order valence-corrected chi connectivity index (χ0v) is 10.4. The molecule has 1 aliphatic rings. The van der Waals surface area contributed by atoms with Crippen molar-refractivity contribution >= 4 is 22.9 Å². The summed E-state index contributed by atoms with van der Waals surface area (Å²) in [7, 11) is 0. The van der Waals surface area contributed by atoms with Gasteiger partial charge in [-0.05, 0) is 29.4 Å². The highest BCUT2D eigenvalue weighted by molar-refractivity contribution is 7.80. The quantitative estimate of drug-likeness (QED) is 0.751. The maximum Gasteiger partial charge on any atom is 0.220 e. The van der Waals surface area contributed by atoms with Crippen LogP contribution in [0.5, 0.6) is 0 Å². The van der Waals surface area contributed by atoms with Gasteiger partial charge in [0.25, 0.3) is 0 Å². The lowest BCUT2D eigenvalue weighted by Gasteiger charge is -2.05. The third kappa shape index (κ3) is 1.79. The number of para-hydroxylation sites is 1. The summed E-state index contributed by atoms with van der Waals surface area (Å²) in [6.45, 7) is 4.15. The molecular formula is C15H10N2S. The molecule has 0 aliphatic carbocycles. The van der Waals surface area contributed by atoms with Crippen LogP contribution in [0.25, 0.3) is 5.57 Å². The highest BCUT2D eigenvalue weighted by Crippen LogP contribution is 2.17. The fourth-order valence-electron chi connectivity index (χ4n) is 2.00. The summed E-state index contributed by atoms with van der Waals surface area (Å²) < 4.78 is 0. The van der Waals surface area contributed by atoms with Crippen molar-refractivity contribution in [3.05, 3.63) is 77.0 Å². The van der Waals surface area contributed by atoms with E-state index >= 15 is 0 Å². The second-order valence-corrected chi connectivity index (χ2v) is 4.39. The highest BCUT2D eigenvalue weighted by Gasteiger charge is 2.09. The van der Waals surface area contributed by atoms with E-state index in [4.69, 9.17) is 12.2 Å². The van der Waals surface area contributed by atoms with Crippen LogP contribution < -0.4 is 10.7 Å². The number of fused-ring (bicyclic) bond motifs is 1. The van der Waals surface area contributed by atoms with Gasteiger partial charge < -0.3 is 0 Å². The lowest BCUT2D eigenvalue weighted by Crippen LogP contribution is -2.25. The molecule has 0 fully saturated rings. The minimum absolute atomic E-state index is 0.387. The van der Waals surface area contributed by atoms with Crippen molar-refractivity contribution in [1.29, 1.82) is 0 Å². The molecule has 0 radical (unpaired) electrons. The van der Waals surface area contributed by atoms with Crippen molar-refractivity contribution < 1.29 is 0 Å². The Morgan fingerprint density at radius 3 is 2.50 bits per heavy atom. The van der Waals surface area contributed by atoms with Gasteiger partial charge >= 0.3 is 0 Å². The lowest BCUT2D eigenvalue weighted by atomic mass is 9.99. The van der Waals surface area contributed by atoms with Gasteiger partial charge in [-0.25, -0.2) is 9.98 Å². The Kier molecular flexibility index (Phi) is 2.61. The van der Waals surface area contributed by atoms with Crippen molar-refractivity contribution in [2.24, 2.45) is 9.98 Å². The first-order valence-corrected chi connectivity index (χ1v) is 6.02. The number of hydrogen-bond acceptors (Lipinski definition) is 1. The predicted molar refractivity (Wildman–Crippen MR) is 75.9 cm³/mol. The molecule has 0 bridgehead atoms. The maximum atomic E-state index is 5.02. The van der Waals surface area contributed by atoms with E-state index in [0.717, 1.165) is 27.4 Å². The van der Waals surface area contributed by atoms with Crippen LogP contribution >= 0.6 is 12.2 Å². The fraction of sp³-hybridized carbons (Fsp3) is 0. The van der Waals surface area contributed by atoms with Gasteiger partial charge in [0.1, 0.15) is 0 Å². The van der Waals surface area contributed by atoms with Crippen molar-refractivity contribution in [1.82, 2.24) is 0 Å². The maximum absolute atomic E-state index is 5.02. The minimum atomic E-state index is 0.387. The van der Waals surface area contributed by atoms with E-state index in [1.807, 2.05) is 48.5 Å². The van der Waals surface area contributed by atoms with E-state index in [0.29, 0.717) is 5.11 Å². The van der Waals surface area contributed by atoms with Gasteiger partial charge in [0.2, 0.25) is 5.11 Å². The number of hydrogen-bond donors (Lipinski definition) is 0. The van der Waals surface area contributed by atoms with E-state index < -0.39 is 0 Å². The average molecular weight is 250 g/mol. The predicted octanol–water partition coefficient (Wildman–Crippen LogP) is 2.29. The highest BCUT2D eigenvalue weighted by atomic mass is 32.1. The molecule has 1 heterocycles. The fourth-order valence-corrected chi connectivity index (χ4v) is 2.19. The first-order valence-electron chi connectivity index (χ1n) is 5.61. The van der Waals surface area contributed by atoms with E-state index in [2.05, 4.69) is 16.6 Å². The molecule has 3 heteroatoms. The van der Waals surface area contributed by atoms with Crippen LogP contribution in [0.3, 0.4) is 0 Å². The number of thiocarbonyl (C=S) groups is 1. The van der Waals surface area contributed by atoms with Crippen LogP contribution in [-0.2, 0) is 0 Å². The van der Waals surface area contributed by atoms with Crippen LogP contribution in [0.1, 0.15) is 11.1 Å². The van der Waals surface area contributed by atoms with E-state index in [1.165, 1.54) is 0 Å². The first-order chi connectivity index (χ1) is 8.75. The van der Waals surface area contributed by atoms with E-state index in [-0.39, 0.29) is 0 Å². The van der Waals surface area contributed by atoms with Crippen molar-refractivity contribution in [3.8, 4) is 0 Å². The van der Waals surface area contributed by atoms with Crippen LogP contribution in [0, 0.1) is 0 Å². The normalized spacial score (nSPS) is 12.6. The summed E-state index contributed by atoms with van der Waals surface area (Å²) in [5.74, 6) is 0. The molecule has 0 saturated carbocycles. The van der Waals surface area contributed by atoms with Gasteiger partial charge in [0, 0.05) is 5.56 Å². The standard InChI is InChI=1S/C15H10N2S/c1-10(11-6-3-2-4-7-11)12-8-5-9-13-14(12)17-15(18)16-13/h2-9H,1H2. The molecule has 2 nitrogen and oxygen atoms in total. The third-order valence-electron chi connectivity index (χ3n) is 2.89. The lowest BCUT2D eigenvalue weighted by molar-refractivity contribution is 1.33. The van der Waals surface area contributed by atoms with Gasteiger partial charge in [-0.15, -0.1) is 0 Å². The topological polar surface area (TPSA) is 24.7 Å². The molecule has 2 aromatic rings. The molecule has 0 amide bonds. The smallest absolute Gasteiger partial charge is 0.217 e. The SMILES string of the molecule is C=C(c1ccccc1)c1cccc2c1=NC(=S)N=2. The monoisotopic (exact) mass is 250 g/mol. The Bertz CT molecular complexity index is 761. The summed E-state index contributed by atoms with van der Waals surface area (Å²) >= 11 is 5.02. The molecule has 0 aromatic heterocycles. The zero-order chi connectivity index (χ0) is 12.5. The first kappa shape index (κ1) is 11.0. The van der Waals surface area contributed by atoms with Gasteiger partial charge in [-0.1, -0.05) is 49.0 Å². The summed E-state index contributed by atoms with van der Waals surface area (Å²) in [6, 6.07) is 15.9. The second-order valence-electron chi connectivity index (χ2n) is 4.02. The molecule has 0 N–H and O–H groups in total. The zero-order valence-electron chi connectivity index (χ0n) is 9.63. The van der Waals surface area contributed by atoms with Gasteiger partial charge in [0.15, 0.2) is 0 Å². The Labute approximate surface area is 110 Å². The van der Waals surface area contributed by atoms with Crippen LogP contribution in [0.2, 0.25) is 0 Å². The summed E-state index contributed by atoms with van der Waals surface area (Å²) in [5.41, 5.74) is 3.01. The van der Waals surface area contributed by atoms with E-state index in [1.54, 1.807) is 0 Å². The Morgan fingerprint density at radius 1 is 0.944 bits per heavy atom. The third-order valence-corrected chi connectivity index (χ3v) is 3.07. The average Bonchev–Trinajstić information content (AvgIpc) is 2.79. The van der Waals surface area contributed by atoms with Gasteiger partial charge in [-0.3, -0.25) is 0 Å². The second kappa shape index (κ2) is 4.27. The molecule has 18 heavy (non-hydrogen) atoms. The van der Waals surface area contributed by atoms with Crippen LogP contribution in [0.4, 0.5) is 0 Å². The number of benzene rings is 2. The van der Waals surface area contributed by atoms with Gasteiger partial charge in [-0.2, -0.15) is 0 Å². The summed E-state index contributed by atoms with van der Waals surface area (Å²) in [4.78, 5) is 8.52. The van der Waals surface area contributed by atoms with Crippen LogP contribution in [0.15, 0.2) is 65.1 Å². The van der Waals surface area contributed by atoms with Crippen LogP contribution in [-0.4, -0.2) is 5.11 Å². The van der Waals surface area contributed by atoms with E-state index in [9.17, 15) is 0 Å². The Hall–Kier alpha value is -2.13. The molecule has 0 atom stereocenters. The van der Waals surface area contributed by atoms with Crippen molar-refractivity contribution in [3.63, 3.8) is 0 Å². The molecule has 86 valence electrons. The molecule has 0 unspecified atom stereocenters. The summed E-state index contributed by atoms with van der Waals surface area (Å²) in [6.07, 6.45) is 0. The van der Waals surface area contributed by atoms with Crippen molar-refractivity contribution in [2.75, 3.05) is 0 Å². The Balaban J connectivity index is 2.20.